The molecule has 0 saturated heterocycles. The minimum absolute atomic E-state index is 0.0313. The molecule has 1 unspecified atom stereocenters. The number of nitrogens with two attached hydrogens (primary N) is 2. The van der Waals surface area contributed by atoms with Crippen molar-refractivity contribution in [1.82, 2.24) is 20.2 Å². The SMILES string of the molecule is NC(=O)c1cc(F)c(NC2CCCC[C@@H]2N)nc1Nc1cncc(-c2cn[nH]c2)c1. The van der Waals surface area contributed by atoms with E-state index in [9.17, 15) is 9.18 Å². The second-order valence-corrected chi connectivity index (χ2v) is 7.35. The number of H-pyrrole nitrogens is 1. The largest absolute Gasteiger partial charge is 0.365 e. The normalized spacial score (nSPS) is 18.7. The first-order valence-electron chi connectivity index (χ1n) is 9.75. The Balaban J connectivity index is 1.64. The van der Waals surface area contributed by atoms with Crippen molar-refractivity contribution in [1.29, 1.82) is 0 Å². The monoisotopic (exact) mass is 410 g/mol. The van der Waals surface area contributed by atoms with Crippen LogP contribution >= 0.6 is 0 Å². The van der Waals surface area contributed by atoms with Gasteiger partial charge >= 0.3 is 0 Å². The zero-order valence-electron chi connectivity index (χ0n) is 16.2. The molecular weight excluding hydrogens is 387 g/mol. The minimum Gasteiger partial charge on any atom is -0.365 e. The zero-order valence-corrected chi connectivity index (χ0v) is 16.2. The van der Waals surface area contributed by atoms with Crippen LogP contribution in [0.15, 0.2) is 36.9 Å². The Kier molecular flexibility index (Phi) is 5.57. The number of nitrogens with one attached hydrogen (secondary N) is 3. The molecule has 9 nitrogen and oxygen atoms in total. The summed E-state index contributed by atoms with van der Waals surface area (Å²) >= 11 is 0. The fourth-order valence-corrected chi connectivity index (χ4v) is 3.60. The number of carbonyl (C=O) groups is 1. The molecule has 0 aromatic carbocycles. The molecule has 3 aromatic heterocycles. The third-order valence-electron chi connectivity index (χ3n) is 5.22. The molecule has 30 heavy (non-hydrogen) atoms. The van der Waals surface area contributed by atoms with E-state index in [0.717, 1.165) is 42.9 Å². The standard InChI is InChI=1S/C20H23FN8O/c21-15-6-14(18(23)30)19(29-20(15)28-17-4-2-1-3-16(17)22)27-13-5-11(7-24-10-13)12-8-25-26-9-12/h5-10,16-17H,1-4,22H2,(H2,23,30)(H,25,26)(H2,27,28,29)/t16-,17?/m0/s1. The molecule has 1 saturated carbocycles. The van der Waals surface area contributed by atoms with Crippen LogP contribution in [0.25, 0.3) is 11.1 Å². The summed E-state index contributed by atoms with van der Waals surface area (Å²) in [7, 11) is 0. The van der Waals surface area contributed by atoms with E-state index >= 15 is 0 Å². The lowest BCUT2D eigenvalue weighted by Gasteiger charge is -2.30. The lowest BCUT2D eigenvalue weighted by Crippen LogP contribution is -2.43. The summed E-state index contributed by atoms with van der Waals surface area (Å²) in [5, 5.41) is 12.8. The van der Waals surface area contributed by atoms with Crippen molar-refractivity contribution >= 4 is 23.2 Å². The maximum atomic E-state index is 14.6. The van der Waals surface area contributed by atoms with E-state index in [2.05, 4.69) is 30.8 Å². The Morgan fingerprint density at radius 3 is 2.70 bits per heavy atom. The average molecular weight is 410 g/mol. The van der Waals surface area contributed by atoms with Gasteiger partial charge in [0.1, 0.15) is 5.82 Å². The molecule has 7 N–H and O–H groups in total. The van der Waals surface area contributed by atoms with Crippen molar-refractivity contribution in [2.45, 2.75) is 37.8 Å². The van der Waals surface area contributed by atoms with E-state index in [-0.39, 0.29) is 29.3 Å². The van der Waals surface area contributed by atoms with Crippen LogP contribution in [0, 0.1) is 5.82 Å². The van der Waals surface area contributed by atoms with E-state index in [0.29, 0.717) is 5.69 Å². The molecule has 0 bridgehead atoms. The zero-order chi connectivity index (χ0) is 21.1. The number of amides is 1. The summed E-state index contributed by atoms with van der Waals surface area (Å²) in [5.74, 6) is -1.27. The van der Waals surface area contributed by atoms with Gasteiger partial charge in [0, 0.05) is 35.6 Å². The molecule has 0 aliphatic heterocycles. The number of halogens is 1. The molecule has 3 heterocycles. The molecular formula is C20H23FN8O. The highest BCUT2D eigenvalue weighted by atomic mass is 19.1. The molecule has 1 aliphatic carbocycles. The van der Waals surface area contributed by atoms with E-state index < -0.39 is 11.7 Å². The first-order chi connectivity index (χ1) is 14.5. The van der Waals surface area contributed by atoms with Crippen LogP contribution in [-0.4, -0.2) is 38.2 Å². The maximum Gasteiger partial charge on any atom is 0.252 e. The third-order valence-corrected chi connectivity index (χ3v) is 5.22. The summed E-state index contributed by atoms with van der Waals surface area (Å²) in [6.45, 7) is 0. The van der Waals surface area contributed by atoms with Crippen molar-refractivity contribution in [2.75, 3.05) is 10.6 Å². The summed E-state index contributed by atoms with van der Waals surface area (Å²) < 4.78 is 14.6. The number of carbonyl (C=O) groups excluding carboxylic acids is 1. The van der Waals surface area contributed by atoms with Gasteiger partial charge in [-0.25, -0.2) is 9.37 Å². The van der Waals surface area contributed by atoms with Gasteiger partial charge in [0.15, 0.2) is 11.6 Å². The summed E-state index contributed by atoms with van der Waals surface area (Å²) in [5.41, 5.74) is 13.8. The molecule has 156 valence electrons. The average Bonchev–Trinajstić information content (AvgIpc) is 3.27. The van der Waals surface area contributed by atoms with Crippen molar-refractivity contribution in [3.8, 4) is 11.1 Å². The maximum absolute atomic E-state index is 14.6. The van der Waals surface area contributed by atoms with Gasteiger partial charge in [-0.1, -0.05) is 12.8 Å². The molecule has 1 fully saturated rings. The molecule has 1 amide bonds. The Labute approximate surface area is 172 Å². The number of primary amides is 1. The molecule has 1 aliphatic rings. The molecule has 0 radical (unpaired) electrons. The highest BCUT2D eigenvalue weighted by Gasteiger charge is 2.24. The van der Waals surface area contributed by atoms with Crippen LogP contribution < -0.4 is 22.1 Å². The summed E-state index contributed by atoms with van der Waals surface area (Å²) in [4.78, 5) is 20.4. The first kappa shape index (κ1) is 19.8. The van der Waals surface area contributed by atoms with Gasteiger partial charge in [-0.2, -0.15) is 5.10 Å². The van der Waals surface area contributed by atoms with Crippen LogP contribution in [0.2, 0.25) is 0 Å². The molecule has 4 rings (SSSR count). The quantitative estimate of drug-likeness (QED) is 0.419. The number of aromatic amines is 1. The fourth-order valence-electron chi connectivity index (χ4n) is 3.60. The number of nitrogens with zero attached hydrogens (tertiary/aromatic N) is 3. The van der Waals surface area contributed by atoms with E-state index in [1.54, 1.807) is 24.8 Å². The second-order valence-electron chi connectivity index (χ2n) is 7.35. The summed E-state index contributed by atoms with van der Waals surface area (Å²) in [6.07, 6.45) is 10.4. The Morgan fingerprint density at radius 1 is 1.13 bits per heavy atom. The minimum atomic E-state index is -0.788. The number of anilines is 3. The molecule has 2 atom stereocenters. The van der Waals surface area contributed by atoms with Gasteiger partial charge in [0.25, 0.3) is 5.91 Å². The number of hydrogen-bond acceptors (Lipinski definition) is 7. The van der Waals surface area contributed by atoms with Gasteiger partial charge in [0.2, 0.25) is 0 Å². The highest BCUT2D eigenvalue weighted by molar-refractivity contribution is 5.98. The summed E-state index contributed by atoms with van der Waals surface area (Å²) in [6, 6.07) is 2.74. The Morgan fingerprint density at radius 2 is 1.97 bits per heavy atom. The number of pyridine rings is 2. The van der Waals surface area contributed by atoms with Gasteiger partial charge < -0.3 is 22.1 Å². The van der Waals surface area contributed by atoms with Crippen LogP contribution in [0.3, 0.4) is 0 Å². The highest BCUT2D eigenvalue weighted by Crippen LogP contribution is 2.28. The number of rotatable bonds is 6. The second kappa shape index (κ2) is 8.46. The van der Waals surface area contributed by atoms with Crippen LogP contribution in [0.4, 0.5) is 21.7 Å². The lowest BCUT2D eigenvalue weighted by molar-refractivity contribution is 0.100. The third kappa shape index (κ3) is 4.23. The van der Waals surface area contributed by atoms with E-state index in [4.69, 9.17) is 11.5 Å². The Bertz CT molecular complexity index is 1040. The number of aromatic nitrogens is 4. The predicted octanol–water partition coefficient (Wildman–Crippen LogP) is 2.53. The van der Waals surface area contributed by atoms with Gasteiger partial charge in [-0.3, -0.25) is 14.9 Å². The molecule has 3 aromatic rings. The van der Waals surface area contributed by atoms with Gasteiger partial charge in [0.05, 0.1) is 23.6 Å². The number of hydrogen-bond donors (Lipinski definition) is 5. The van der Waals surface area contributed by atoms with Crippen LogP contribution in [0.1, 0.15) is 36.0 Å². The van der Waals surface area contributed by atoms with Crippen molar-refractivity contribution in [3.63, 3.8) is 0 Å². The van der Waals surface area contributed by atoms with Crippen LogP contribution in [-0.2, 0) is 0 Å². The van der Waals surface area contributed by atoms with Crippen molar-refractivity contribution < 1.29 is 9.18 Å². The van der Waals surface area contributed by atoms with E-state index in [1.165, 1.54) is 0 Å². The molecule has 10 heteroatoms. The Hall–Kier alpha value is -3.53. The van der Waals surface area contributed by atoms with Crippen molar-refractivity contribution in [3.05, 3.63) is 48.3 Å². The van der Waals surface area contributed by atoms with Gasteiger partial charge in [-0.15, -0.1) is 0 Å². The smallest absolute Gasteiger partial charge is 0.252 e. The van der Waals surface area contributed by atoms with E-state index in [1.807, 2.05) is 6.07 Å². The first-order valence-corrected chi connectivity index (χ1v) is 9.75. The molecule has 0 spiro atoms. The predicted molar refractivity (Wildman–Crippen MR) is 112 cm³/mol. The van der Waals surface area contributed by atoms with Gasteiger partial charge in [-0.05, 0) is 25.0 Å². The van der Waals surface area contributed by atoms with Crippen molar-refractivity contribution in [2.24, 2.45) is 11.5 Å². The fraction of sp³-hybridized carbons (Fsp3) is 0.300. The topological polar surface area (TPSA) is 148 Å². The van der Waals surface area contributed by atoms with Crippen LogP contribution in [0.5, 0.6) is 0 Å². The lowest BCUT2D eigenvalue weighted by atomic mass is 9.91.